The molecule has 10 heteroatoms. The molecule has 5 nitrogen and oxygen atoms in total. The van der Waals surface area contributed by atoms with Gasteiger partial charge in [0.05, 0.1) is 5.36 Å². The van der Waals surface area contributed by atoms with E-state index in [0.29, 0.717) is 6.20 Å². The highest BCUT2D eigenvalue weighted by molar-refractivity contribution is 5.75. The third kappa shape index (κ3) is 3.92. The monoisotopic (exact) mass is 313 g/mol. The van der Waals surface area contributed by atoms with E-state index in [2.05, 4.69) is 10.3 Å². The summed E-state index contributed by atoms with van der Waals surface area (Å²) in [6, 6.07) is 0.00859. The van der Waals surface area contributed by atoms with Crippen LogP contribution < -0.4 is 10.7 Å². The molecule has 1 aromatic heterocycles. The zero-order valence-electron chi connectivity index (χ0n) is 10.9. The van der Waals surface area contributed by atoms with Crippen LogP contribution in [0.1, 0.15) is 19.5 Å². The molecular formula is C11H12F5N3O2. The van der Waals surface area contributed by atoms with Crippen LogP contribution in [-0.4, -0.2) is 28.2 Å². The molecular weight excluding hydrogens is 301 g/mol. The van der Waals surface area contributed by atoms with Crippen molar-refractivity contribution in [2.75, 3.05) is 0 Å². The maximum atomic E-state index is 13.2. The Morgan fingerprint density at radius 3 is 2.38 bits per heavy atom. The van der Waals surface area contributed by atoms with Crippen molar-refractivity contribution in [2.45, 2.75) is 32.0 Å². The van der Waals surface area contributed by atoms with Crippen LogP contribution >= 0.6 is 0 Å². The Labute approximate surface area is 115 Å². The summed E-state index contributed by atoms with van der Waals surface area (Å²) in [6.07, 6.45) is -5.35. The van der Waals surface area contributed by atoms with Gasteiger partial charge >= 0.3 is 18.1 Å². The maximum Gasteiger partial charge on any atom is 0.459 e. The normalized spacial score (nSPS) is 13.6. The number of urea groups is 1. The number of aromatic nitrogens is 1. The van der Waals surface area contributed by atoms with E-state index in [1.807, 2.05) is 0 Å². The molecule has 21 heavy (non-hydrogen) atoms. The number of nitrogens with zero attached hydrogens (tertiary/aromatic N) is 2. The van der Waals surface area contributed by atoms with Crippen LogP contribution in [-0.2, 0) is 5.92 Å². The average molecular weight is 313 g/mol. The lowest BCUT2D eigenvalue weighted by atomic mass is 10.2. The quantitative estimate of drug-likeness (QED) is 0.650. The maximum absolute atomic E-state index is 13.2. The van der Waals surface area contributed by atoms with Crippen molar-refractivity contribution in [1.82, 2.24) is 10.0 Å². The van der Waals surface area contributed by atoms with E-state index in [4.69, 9.17) is 5.21 Å². The molecule has 1 heterocycles. The first kappa shape index (κ1) is 16.9. The third-order valence-electron chi connectivity index (χ3n) is 2.24. The van der Waals surface area contributed by atoms with Crippen LogP contribution in [0.15, 0.2) is 23.3 Å². The number of alkyl halides is 5. The van der Waals surface area contributed by atoms with Crippen LogP contribution in [0, 0.1) is 0 Å². The van der Waals surface area contributed by atoms with Gasteiger partial charge in [0.15, 0.2) is 0 Å². The number of carbonyl (C=O) groups excluding carboxylic acids is 1. The summed E-state index contributed by atoms with van der Waals surface area (Å²) in [7, 11) is 0. The zero-order chi connectivity index (χ0) is 16.4. The molecule has 0 saturated carbocycles. The van der Waals surface area contributed by atoms with Crippen molar-refractivity contribution >= 4 is 6.03 Å². The van der Waals surface area contributed by atoms with Crippen molar-refractivity contribution in [3.63, 3.8) is 0 Å². The molecule has 0 aliphatic rings. The van der Waals surface area contributed by atoms with Gasteiger partial charge in [0.1, 0.15) is 5.69 Å². The fraction of sp³-hybridized carbons (Fsp3) is 0.455. The fourth-order valence-electron chi connectivity index (χ4n) is 1.33. The van der Waals surface area contributed by atoms with Gasteiger partial charge in [0.25, 0.3) is 0 Å². The number of amides is 2. The zero-order valence-corrected chi connectivity index (χ0v) is 10.9. The molecule has 0 aromatic carbocycles. The van der Waals surface area contributed by atoms with Crippen LogP contribution in [0.4, 0.5) is 26.7 Å². The molecule has 1 aromatic rings. The van der Waals surface area contributed by atoms with Gasteiger partial charge in [-0.3, -0.25) is 0 Å². The van der Waals surface area contributed by atoms with E-state index in [9.17, 15) is 26.7 Å². The molecule has 0 fully saturated rings. The molecule has 0 aliphatic heterocycles. The lowest BCUT2D eigenvalue weighted by molar-refractivity contribution is -0.294. The van der Waals surface area contributed by atoms with Crippen molar-refractivity contribution in [3.8, 4) is 0 Å². The van der Waals surface area contributed by atoms with E-state index in [1.165, 1.54) is 0 Å². The molecule has 2 N–H and O–H groups in total. The molecule has 0 unspecified atom stereocenters. The van der Waals surface area contributed by atoms with E-state index < -0.39 is 29.2 Å². The highest BCUT2D eigenvalue weighted by atomic mass is 19.4. The largest absolute Gasteiger partial charge is 0.459 e. The van der Waals surface area contributed by atoms with Gasteiger partial charge in [-0.1, -0.05) is 0 Å². The van der Waals surface area contributed by atoms with Crippen molar-refractivity contribution < 1.29 is 32.0 Å². The molecule has 1 rings (SSSR count). The van der Waals surface area contributed by atoms with Gasteiger partial charge in [-0.25, -0.2) is 4.79 Å². The number of pyridine rings is 1. The Kier molecular flexibility index (Phi) is 4.59. The van der Waals surface area contributed by atoms with E-state index in [-0.39, 0.29) is 16.8 Å². The molecule has 0 spiro atoms. The lowest BCUT2D eigenvalue weighted by Crippen LogP contribution is -2.37. The summed E-state index contributed by atoms with van der Waals surface area (Å²) >= 11 is 0. The van der Waals surface area contributed by atoms with E-state index in [0.717, 1.165) is 6.07 Å². The molecule has 0 radical (unpaired) electrons. The molecule has 0 saturated heterocycles. The molecule has 118 valence electrons. The molecule has 0 atom stereocenters. The Morgan fingerprint density at radius 1 is 1.33 bits per heavy atom. The summed E-state index contributed by atoms with van der Waals surface area (Å²) in [6.45, 7) is 3.23. The van der Waals surface area contributed by atoms with E-state index in [1.54, 1.807) is 13.8 Å². The van der Waals surface area contributed by atoms with Gasteiger partial charge in [-0.2, -0.15) is 31.7 Å². The lowest BCUT2D eigenvalue weighted by Gasteiger charge is -2.20. The predicted octanol–water partition coefficient (Wildman–Crippen LogP) is 2.40. The minimum Gasteiger partial charge on any atom is -0.429 e. The Bertz CT molecular complexity index is 592. The number of rotatable bonds is 2. The third-order valence-corrected chi connectivity index (χ3v) is 2.24. The van der Waals surface area contributed by atoms with Gasteiger partial charge in [0.2, 0.25) is 0 Å². The number of halogens is 5. The van der Waals surface area contributed by atoms with Gasteiger partial charge in [-0.15, -0.1) is 0 Å². The Morgan fingerprint density at radius 2 is 1.90 bits per heavy atom. The van der Waals surface area contributed by atoms with E-state index >= 15 is 0 Å². The summed E-state index contributed by atoms with van der Waals surface area (Å²) in [5, 5.41) is 11.0. The smallest absolute Gasteiger partial charge is 0.429 e. The second kappa shape index (κ2) is 5.70. The second-order valence-corrected chi connectivity index (χ2v) is 4.40. The van der Waals surface area contributed by atoms with Crippen molar-refractivity contribution in [3.05, 3.63) is 29.4 Å². The molecule has 0 bridgehead atoms. The van der Waals surface area contributed by atoms with Gasteiger partial charge in [-0.05, 0) is 26.0 Å². The minimum absolute atomic E-state index is 0.285. The molecule has 0 aliphatic carbocycles. The number of nitrogens with one attached hydrogen (secondary N) is 1. The molecule has 2 amide bonds. The second-order valence-electron chi connectivity index (χ2n) is 4.40. The predicted molar refractivity (Wildman–Crippen MR) is 60.8 cm³/mol. The Hall–Kier alpha value is -2.13. The minimum atomic E-state index is -5.89. The number of carbonyl (C=O) groups is 1. The number of hydrogen-bond acceptors (Lipinski definition) is 2. The standard InChI is InChI=1S/C11H12F5N3O2/c1-6(2)17-9(20)18-7-3-4-19(21)8(5-7)10(12,13)11(14,15)16/h3-6,21H,1-2H3,(H,17,20)/b18-7-. The van der Waals surface area contributed by atoms with Crippen molar-refractivity contribution in [2.24, 2.45) is 4.99 Å². The highest BCUT2D eigenvalue weighted by Gasteiger charge is 2.60. The topological polar surface area (TPSA) is 66.6 Å². The van der Waals surface area contributed by atoms with Crippen LogP contribution in [0.25, 0.3) is 0 Å². The summed E-state index contributed by atoms with van der Waals surface area (Å²) in [5.41, 5.74) is -1.74. The summed E-state index contributed by atoms with van der Waals surface area (Å²) < 4.78 is 62.9. The highest BCUT2D eigenvalue weighted by Crippen LogP contribution is 2.42. The Balaban J connectivity index is 3.29. The van der Waals surface area contributed by atoms with Gasteiger partial charge in [0, 0.05) is 12.2 Å². The van der Waals surface area contributed by atoms with Crippen LogP contribution in [0.2, 0.25) is 0 Å². The van der Waals surface area contributed by atoms with Crippen LogP contribution in [0.5, 0.6) is 0 Å². The SMILES string of the molecule is CC(C)NC(=O)/N=c1/ccn(O)c(C(F)(F)C(F)(F)F)c1. The first-order chi connectivity index (χ1) is 9.45. The first-order valence-electron chi connectivity index (χ1n) is 5.67. The summed E-state index contributed by atoms with van der Waals surface area (Å²) in [5.74, 6) is -5.29. The fourth-order valence-corrected chi connectivity index (χ4v) is 1.33. The average Bonchev–Trinajstić information content (AvgIpc) is 2.28. The number of hydrogen-bond donors (Lipinski definition) is 2. The first-order valence-corrected chi connectivity index (χ1v) is 5.67. The van der Waals surface area contributed by atoms with Crippen LogP contribution in [0.3, 0.4) is 0 Å². The van der Waals surface area contributed by atoms with Gasteiger partial charge < -0.3 is 10.5 Å². The summed E-state index contributed by atoms with van der Waals surface area (Å²) in [4.78, 5) is 14.6. The van der Waals surface area contributed by atoms with Crippen molar-refractivity contribution in [1.29, 1.82) is 0 Å².